The van der Waals surface area contributed by atoms with Crippen molar-refractivity contribution in [1.29, 1.82) is 5.26 Å². The van der Waals surface area contributed by atoms with Gasteiger partial charge in [0, 0.05) is 12.5 Å². The van der Waals surface area contributed by atoms with E-state index in [9.17, 15) is 9.90 Å². The quantitative estimate of drug-likeness (QED) is 0.451. The minimum atomic E-state index is -0.595. The first-order valence-electron chi connectivity index (χ1n) is 4.51. The molecule has 0 saturated carbocycles. The zero-order valence-corrected chi connectivity index (χ0v) is 9.37. The highest BCUT2D eigenvalue weighted by Crippen LogP contribution is 2.22. The van der Waals surface area contributed by atoms with Gasteiger partial charge in [0.25, 0.3) is 0 Å². The largest absolute Gasteiger partial charge is 0.505 e. The first-order chi connectivity index (χ1) is 7.60. The first-order valence-corrected chi connectivity index (χ1v) is 4.92. The molecule has 1 N–H and O–H groups in total. The van der Waals surface area contributed by atoms with Crippen LogP contribution in [0.2, 0.25) is 0 Å². The number of carbonyl (C=O) groups excluding carboxylic acids is 1. The smallest absolute Gasteiger partial charge is 0.335 e. The third kappa shape index (κ3) is 2.55. The van der Waals surface area contributed by atoms with E-state index < -0.39 is 5.97 Å². The number of nitrogens with zero attached hydrogens (tertiary/aromatic N) is 1. The molecule has 0 aromatic rings. The van der Waals surface area contributed by atoms with Crippen molar-refractivity contribution in [3.63, 3.8) is 0 Å². The number of rotatable bonds is 2. The molecule has 1 rings (SSSR count). The molecule has 1 aliphatic carbocycles. The van der Waals surface area contributed by atoms with Crippen molar-refractivity contribution in [2.45, 2.75) is 13.3 Å². The summed E-state index contributed by atoms with van der Waals surface area (Å²) >= 11 is 4.83. The number of ether oxygens (including phenoxy) is 1. The molecular weight excluding hydrogens is 226 g/mol. The van der Waals surface area contributed by atoms with Gasteiger partial charge in [-0.2, -0.15) is 5.26 Å². The van der Waals surface area contributed by atoms with Crippen molar-refractivity contribution in [2.75, 3.05) is 0 Å². The molecule has 0 unspecified atom stereocenters. The summed E-state index contributed by atoms with van der Waals surface area (Å²) in [7, 11) is 0. The molecule has 0 atom stereocenters. The van der Waals surface area contributed by atoms with Crippen molar-refractivity contribution in [1.82, 2.24) is 0 Å². The maximum atomic E-state index is 11.2. The lowest BCUT2D eigenvalue weighted by Gasteiger charge is -2.13. The number of nitriles is 1. The van der Waals surface area contributed by atoms with Crippen LogP contribution in [0.5, 0.6) is 0 Å². The van der Waals surface area contributed by atoms with Gasteiger partial charge in [-0.15, -0.1) is 0 Å². The van der Waals surface area contributed by atoms with Crippen molar-refractivity contribution in [2.24, 2.45) is 0 Å². The van der Waals surface area contributed by atoms with Crippen molar-refractivity contribution >= 4 is 23.1 Å². The van der Waals surface area contributed by atoms with Crippen LogP contribution in [0.1, 0.15) is 13.3 Å². The minimum absolute atomic E-state index is 0.0525. The number of carbonyl (C=O) groups is 1. The Morgan fingerprint density at radius 3 is 3.00 bits per heavy atom. The Hall–Kier alpha value is -1.93. The molecule has 0 heterocycles. The van der Waals surface area contributed by atoms with E-state index in [0.29, 0.717) is 0 Å². The minimum Gasteiger partial charge on any atom is -0.505 e. The number of thiocarbonyl (C=S) groups is 1. The standard InChI is InChI=1S/C11H9NO3S/c1-2-3-10(13)15-8-4-5-9(16)11(14)7(8)6-12/h2-4,14H,5H2,1H3/b3-2+. The van der Waals surface area contributed by atoms with Gasteiger partial charge in [0.15, 0.2) is 5.76 Å². The summed E-state index contributed by atoms with van der Waals surface area (Å²) in [5, 5.41) is 18.3. The fourth-order valence-electron chi connectivity index (χ4n) is 1.12. The van der Waals surface area contributed by atoms with Crippen molar-refractivity contribution < 1.29 is 14.6 Å². The van der Waals surface area contributed by atoms with E-state index in [1.54, 1.807) is 13.0 Å². The average molecular weight is 235 g/mol. The second-order valence-electron chi connectivity index (χ2n) is 2.95. The Balaban J connectivity index is 2.95. The van der Waals surface area contributed by atoms with Crippen LogP contribution >= 0.6 is 12.2 Å². The van der Waals surface area contributed by atoms with Gasteiger partial charge in [0.2, 0.25) is 0 Å². The maximum Gasteiger partial charge on any atom is 0.335 e. The molecule has 16 heavy (non-hydrogen) atoms. The zero-order valence-electron chi connectivity index (χ0n) is 8.56. The summed E-state index contributed by atoms with van der Waals surface area (Å²) in [5.74, 6) is -0.831. The highest BCUT2D eigenvalue weighted by Gasteiger charge is 2.22. The van der Waals surface area contributed by atoms with Crippen LogP contribution in [-0.2, 0) is 9.53 Å². The lowest BCUT2D eigenvalue weighted by molar-refractivity contribution is -0.133. The predicted octanol–water partition coefficient (Wildman–Crippen LogP) is 2.10. The number of allylic oxidation sites excluding steroid dienone is 4. The van der Waals surface area contributed by atoms with Gasteiger partial charge in [0.1, 0.15) is 17.4 Å². The Bertz CT molecular complexity index is 466. The molecule has 0 radical (unpaired) electrons. The van der Waals surface area contributed by atoms with Crippen LogP contribution < -0.4 is 0 Å². The van der Waals surface area contributed by atoms with Crippen LogP contribution in [0.4, 0.5) is 0 Å². The summed E-state index contributed by atoms with van der Waals surface area (Å²) < 4.78 is 4.89. The molecule has 0 fully saturated rings. The second kappa shape index (κ2) is 5.24. The predicted molar refractivity (Wildman–Crippen MR) is 61.5 cm³/mol. The fourth-order valence-corrected chi connectivity index (χ4v) is 1.30. The average Bonchev–Trinajstić information content (AvgIpc) is 2.24. The summed E-state index contributed by atoms with van der Waals surface area (Å²) in [6.45, 7) is 1.67. The van der Waals surface area contributed by atoms with E-state index in [1.165, 1.54) is 18.2 Å². The summed E-state index contributed by atoms with van der Waals surface area (Å²) in [5.41, 5.74) is -0.103. The zero-order chi connectivity index (χ0) is 12.1. The molecule has 82 valence electrons. The van der Waals surface area contributed by atoms with Gasteiger partial charge >= 0.3 is 5.97 Å². The topological polar surface area (TPSA) is 70.3 Å². The molecule has 5 heteroatoms. The maximum absolute atomic E-state index is 11.2. The molecule has 0 bridgehead atoms. The Morgan fingerprint density at radius 1 is 1.75 bits per heavy atom. The van der Waals surface area contributed by atoms with E-state index in [4.69, 9.17) is 22.2 Å². The van der Waals surface area contributed by atoms with Gasteiger partial charge in [-0.1, -0.05) is 18.3 Å². The molecular formula is C11H9NO3S. The third-order valence-electron chi connectivity index (χ3n) is 1.85. The molecule has 0 amide bonds. The van der Waals surface area contributed by atoms with Crippen LogP contribution in [0.3, 0.4) is 0 Å². The molecule has 0 aliphatic heterocycles. The molecule has 1 aliphatic rings. The molecule has 0 aromatic heterocycles. The SMILES string of the molecule is C/C=C/C(=O)OC1=CCC(=S)C(O)=C1C#N. The molecule has 0 aromatic carbocycles. The highest BCUT2D eigenvalue weighted by molar-refractivity contribution is 7.80. The van der Waals surface area contributed by atoms with Gasteiger partial charge in [-0.3, -0.25) is 0 Å². The fraction of sp³-hybridized carbons (Fsp3) is 0.182. The van der Waals surface area contributed by atoms with Crippen molar-refractivity contribution in [3.05, 3.63) is 35.3 Å². The van der Waals surface area contributed by atoms with Gasteiger partial charge in [-0.05, 0) is 13.0 Å². The second-order valence-corrected chi connectivity index (χ2v) is 3.44. The van der Waals surface area contributed by atoms with Gasteiger partial charge < -0.3 is 9.84 Å². The lowest BCUT2D eigenvalue weighted by Crippen LogP contribution is -2.12. The monoisotopic (exact) mass is 235 g/mol. The van der Waals surface area contributed by atoms with Gasteiger partial charge in [0.05, 0.1) is 4.86 Å². The first kappa shape index (κ1) is 12.1. The lowest BCUT2D eigenvalue weighted by atomic mass is 10.0. The van der Waals surface area contributed by atoms with E-state index in [0.717, 1.165) is 0 Å². The number of esters is 1. The molecule has 0 spiro atoms. The Labute approximate surface area is 98.1 Å². The molecule has 4 nitrogen and oxygen atoms in total. The Kier molecular flexibility index (Phi) is 3.97. The Morgan fingerprint density at radius 2 is 2.44 bits per heavy atom. The van der Waals surface area contributed by atoms with Crippen LogP contribution in [-0.4, -0.2) is 15.9 Å². The van der Waals surface area contributed by atoms with Gasteiger partial charge in [-0.25, -0.2) is 4.79 Å². The number of aliphatic hydroxyl groups excluding tert-OH is 1. The molecule has 0 saturated heterocycles. The summed E-state index contributed by atoms with van der Waals surface area (Å²) in [6, 6.07) is 1.75. The van der Waals surface area contributed by atoms with E-state index in [-0.39, 0.29) is 28.4 Å². The van der Waals surface area contributed by atoms with E-state index >= 15 is 0 Å². The summed E-state index contributed by atoms with van der Waals surface area (Å²) in [4.78, 5) is 11.4. The number of aliphatic hydroxyl groups is 1. The number of hydrogen-bond donors (Lipinski definition) is 1. The van der Waals surface area contributed by atoms with Crippen LogP contribution in [0, 0.1) is 11.3 Å². The third-order valence-corrected chi connectivity index (χ3v) is 2.21. The van der Waals surface area contributed by atoms with Crippen LogP contribution in [0.25, 0.3) is 0 Å². The highest BCUT2D eigenvalue weighted by atomic mass is 32.1. The summed E-state index contributed by atoms with van der Waals surface area (Å²) in [6.07, 6.45) is 4.53. The number of hydrogen-bond acceptors (Lipinski definition) is 5. The van der Waals surface area contributed by atoms with Crippen molar-refractivity contribution in [3.8, 4) is 6.07 Å². The van der Waals surface area contributed by atoms with Crippen LogP contribution in [0.15, 0.2) is 35.3 Å². The van der Waals surface area contributed by atoms with E-state index in [2.05, 4.69) is 0 Å². The normalized spacial score (nSPS) is 16.0. The van der Waals surface area contributed by atoms with E-state index in [1.807, 2.05) is 0 Å².